The second-order valence-corrected chi connectivity index (χ2v) is 7.79. The predicted octanol–water partition coefficient (Wildman–Crippen LogP) is 3.85. The van der Waals surface area contributed by atoms with Crippen LogP contribution in [0.1, 0.15) is 17.8 Å². The molecule has 1 aromatic heterocycles. The third kappa shape index (κ3) is 4.55. The molecule has 0 bridgehead atoms. The number of carbonyl (C=O) groups excluding carboxylic acids is 2. The molecule has 0 saturated carbocycles. The molecule has 7 heteroatoms. The van der Waals surface area contributed by atoms with E-state index in [0.717, 1.165) is 22.8 Å². The van der Waals surface area contributed by atoms with Gasteiger partial charge < -0.3 is 15.1 Å². The maximum Gasteiger partial charge on any atom is 0.230 e. The maximum absolute atomic E-state index is 12.7. The fraction of sp³-hybridized carbons (Fsp3) is 0.250. The monoisotopic (exact) mass is 415 g/mol. The van der Waals surface area contributed by atoms with Gasteiger partial charge in [0.05, 0.1) is 5.92 Å². The molecule has 1 atom stereocenters. The summed E-state index contributed by atoms with van der Waals surface area (Å²) in [5.41, 5.74) is 4.25. The number of nitrogens with one attached hydrogen (secondary N) is 1. The summed E-state index contributed by atoms with van der Waals surface area (Å²) in [4.78, 5) is 37.6. The molecule has 1 aliphatic heterocycles. The predicted molar refractivity (Wildman–Crippen MR) is 122 cm³/mol. The average molecular weight is 415 g/mol. The molecule has 1 unspecified atom stereocenters. The number of anilines is 4. The van der Waals surface area contributed by atoms with Gasteiger partial charge in [-0.25, -0.2) is 9.97 Å². The first-order valence-corrected chi connectivity index (χ1v) is 10.2. The Morgan fingerprint density at radius 1 is 1.03 bits per heavy atom. The SMILES string of the molecule is Cc1cc(C)nc(N(C)c2ccc(NC(=O)C3CC(=O)N(c4ccccc4)C3)cc2)n1. The molecule has 4 rings (SSSR count). The molecular weight excluding hydrogens is 390 g/mol. The molecule has 2 heterocycles. The lowest BCUT2D eigenvalue weighted by Gasteiger charge is -2.19. The molecule has 1 fully saturated rings. The fourth-order valence-electron chi connectivity index (χ4n) is 3.73. The zero-order valence-electron chi connectivity index (χ0n) is 17.9. The first-order chi connectivity index (χ1) is 14.9. The second kappa shape index (κ2) is 8.55. The van der Waals surface area contributed by atoms with Crippen molar-refractivity contribution in [1.29, 1.82) is 0 Å². The summed E-state index contributed by atoms with van der Waals surface area (Å²) >= 11 is 0. The Balaban J connectivity index is 1.41. The van der Waals surface area contributed by atoms with Crippen molar-refractivity contribution in [3.8, 4) is 0 Å². The van der Waals surface area contributed by atoms with Gasteiger partial charge in [0, 0.05) is 48.5 Å². The Hall–Kier alpha value is -3.74. The van der Waals surface area contributed by atoms with Crippen LogP contribution in [0.15, 0.2) is 60.7 Å². The van der Waals surface area contributed by atoms with E-state index in [9.17, 15) is 9.59 Å². The Morgan fingerprint density at radius 2 is 1.68 bits per heavy atom. The number of para-hydroxylation sites is 1. The average Bonchev–Trinajstić information content (AvgIpc) is 3.15. The van der Waals surface area contributed by atoms with E-state index in [1.54, 1.807) is 4.90 Å². The summed E-state index contributed by atoms with van der Waals surface area (Å²) in [5, 5.41) is 2.93. The van der Waals surface area contributed by atoms with Crippen molar-refractivity contribution >= 4 is 34.8 Å². The third-order valence-electron chi connectivity index (χ3n) is 5.36. The number of hydrogen-bond donors (Lipinski definition) is 1. The van der Waals surface area contributed by atoms with E-state index < -0.39 is 0 Å². The molecule has 0 spiro atoms. The molecule has 2 aromatic carbocycles. The van der Waals surface area contributed by atoms with Crippen LogP contribution < -0.4 is 15.1 Å². The Kier molecular flexibility index (Phi) is 5.66. The van der Waals surface area contributed by atoms with Crippen molar-refractivity contribution in [3.63, 3.8) is 0 Å². The van der Waals surface area contributed by atoms with Crippen LogP contribution in [0.5, 0.6) is 0 Å². The Labute approximate surface area is 181 Å². The van der Waals surface area contributed by atoms with E-state index in [-0.39, 0.29) is 24.2 Å². The van der Waals surface area contributed by atoms with Gasteiger partial charge in [-0.3, -0.25) is 9.59 Å². The molecule has 1 N–H and O–H groups in total. The number of carbonyl (C=O) groups is 2. The van der Waals surface area contributed by atoms with Crippen LogP contribution in [0, 0.1) is 19.8 Å². The number of hydrogen-bond acceptors (Lipinski definition) is 5. The largest absolute Gasteiger partial charge is 0.326 e. The van der Waals surface area contributed by atoms with Crippen LogP contribution in [-0.2, 0) is 9.59 Å². The number of nitrogens with zero attached hydrogens (tertiary/aromatic N) is 4. The van der Waals surface area contributed by atoms with Gasteiger partial charge in [-0.15, -0.1) is 0 Å². The minimum Gasteiger partial charge on any atom is -0.326 e. The lowest BCUT2D eigenvalue weighted by molar-refractivity contribution is -0.122. The molecule has 158 valence electrons. The lowest BCUT2D eigenvalue weighted by atomic mass is 10.1. The van der Waals surface area contributed by atoms with E-state index in [1.807, 2.05) is 86.5 Å². The summed E-state index contributed by atoms with van der Waals surface area (Å²) in [6, 6.07) is 18.9. The molecular formula is C24H25N5O2. The normalized spacial score (nSPS) is 15.8. The van der Waals surface area contributed by atoms with Crippen molar-refractivity contribution in [2.24, 2.45) is 5.92 Å². The standard InChI is InChI=1S/C24H25N5O2/c1-16-13-17(2)26-24(25-16)28(3)20-11-9-19(10-12-20)27-23(31)18-14-22(30)29(15-18)21-7-5-4-6-8-21/h4-13,18H,14-15H2,1-3H3,(H,27,31). The second-order valence-electron chi connectivity index (χ2n) is 7.79. The van der Waals surface area contributed by atoms with Crippen LogP contribution in [0.4, 0.5) is 23.0 Å². The van der Waals surface area contributed by atoms with Crippen molar-refractivity contribution in [2.75, 3.05) is 28.7 Å². The number of aryl methyl sites for hydroxylation is 2. The van der Waals surface area contributed by atoms with Gasteiger partial charge in [0.2, 0.25) is 17.8 Å². The zero-order chi connectivity index (χ0) is 22.0. The summed E-state index contributed by atoms with van der Waals surface area (Å²) in [5.74, 6) is 0.0702. The van der Waals surface area contributed by atoms with Gasteiger partial charge in [0.15, 0.2) is 0 Å². The van der Waals surface area contributed by atoms with Crippen molar-refractivity contribution in [3.05, 3.63) is 72.1 Å². The van der Waals surface area contributed by atoms with Crippen LogP contribution in [0.2, 0.25) is 0 Å². The first-order valence-electron chi connectivity index (χ1n) is 10.2. The van der Waals surface area contributed by atoms with Gasteiger partial charge in [-0.05, 0) is 56.3 Å². The van der Waals surface area contributed by atoms with Crippen LogP contribution in [0.25, 0.3) is 0 Å². The van der Waals surface area contributed by atoms with Crippen LogP contribution in [0.3, 0.4) is 0 Å². The van der Waals surface area contributed by atoms with E-state index in [2.05, 4.69) is 15.3 Å². The topological polar surface area (TPSA) is 78.4 Å². The highest BCUT2D eigenvalue weighted by Crippen LogP contribution is 2.27. The molecule has 7 nitrogen and oxygen atoms in total. The van der Waals surface area contributed by atoms with E-state index >= 15 is 0 Å². The van der Waals surface area contributed by atoms with Crippen LogP contribution >= 0.6 is 0 Å². The summed E-state index contributed by atoms with van der Waals surface area (Å²) in [6.45, 7) is 4.27. The minimum absolute atomic E-state index is 0.0308. The minimum atomic E-state index is -0.376. The smallest absolute Gasteiger partial charge is 0.230 e. The molecule has 31 heavy (non-hydrogen) atoms. The highest BCUT2D eigenvalue weighted by molar-refractivity contribution is 6.03. The number of aromatic nitrogens is 2. The molecule has 0 radical (unpaired) electrons. The Bertz CT molecular complexity index is 1080. The number of amides is 2. The van der Waals surface area contributed by atoms with Gasteiger partial charge in [-0.1, -0.05) is 18.2 Å². The van der Waals surface area contributed by atoms with E-state index in [0.29, 0.717) is 18.2 Å². The third-order valence-corrected chi connectivity index (χ3v) is 5.36. The first kappa shape index (κ1) is 20.5. The molecule has 1 aliphatic rings. The summed E-state index contributed by atoms with van der Waals surface area (Å²) in [6.07, 6.45) is 0.214. The molecule has 3 aromatic rings. The van der Waals surface area contributed by atoms with Gasteiger partial charge in [0.25, 0.3) is 0 Å². The summed E-state index contributed by atoms with van der Waals surface area (Å²) in [7, 11) is 1.91. The summed E-state index contributed by atoms with van der Waals surface area (Å²) < 4.78 is 0. The van der Waals surface area contributed by atoms with E-state index in [4.69, 9.17) is 0 Å². The van der Waals surface area contributed by atoms with Crippen LogP contribution in [-0.4, -0.2) is 35.4 Å². The highest BCUT2D eigenvalue weighted by atomic mass is 16.2. The Morgan fingerprint density at radius 3 is 2.32 bits per heavy atom. The van der Waals surface area contributed by atoms with Crippen molar-refractivity contribution < 1.29 is 9.59 Å². The molecule has 2 amide bonds. The molecule has 0 aliphatic carbocycles. The zero-order valence-corrected chi connectivity index (χ0v) is 17.9. The highest BCUT2D eigenvalue weighted by Gasteiger charge is 2.35. The van der Waals surface area contributed by atoms with Gasteiger partial charge in [-0.2, -0.15) is 0 Å². The maximum atomic E-state index is 12.7. The van der Waals surface area contributed by atoms with Crippen molar-refractivity contribution in [2.45, 2.75) is 20.3 Å². The van der Waals surface area contributed by atoms with Crippen molar-refractivity contribution in [1.82, 2.24) is 9.97 Å². The van der Waals surface area contributed by atoms with Gasteiger partial charge >= 0.3 is 0 Å². The number of benzene rings is 2. The molecule has 1 saturated heterocycles. The van der Waals surface area contributed by atoms with Gasteiger partial charge in [0.1, 0.15) is 0 Å². The fourth-order valence-corrected chi connectivity index (χ4v) is 3.73. The lowest BCUT2D eigenvalue weighted by Crippen LogP contribution is -2.28. The van der Waals surface area contributed by atoms with E-state index in [1.165, 1.54) is 0 Å². The number of rotatable bonds is 5. The quantitative estimate of drug-likeness (QED) is 0.685.